The fourth-order valence-corrected chi connectivity index (χ4v) is 2.98. The number of primary amides is 1. The summed E-state index contributed by atoms with van der Waals surface area (Å²) < 4.78 is 0. The fraction of sp³-hybridized carbons (Fsp3) is 0.923. The molecule has 4 heteroatoms. The lowest BCUT2D eigenvalue weighted by Crippen LogP contribution is -2.38. The van der Waals surface area contributed by atoms with Crippen LogP contribution in [0.3, 0.4) is 0 Å². The maximum atomic E-state index is 11.4. The smallest absolute Gasteiger partial charge is 0.224 e. The van der Waals surface area contributed by atoms with Gasteiger partial charge in [-0.25, -0.2) is 0 Å². The van der Waals surface area contributed by atoms with E-state index in [1.807, 2.05) is 6.92 Å². The van der Waals surface area contributed by atoms with Crippen molar-refractivity contribution in [3.63, 3.8) is 0 Å². The molecule has 0 spiro atoms. The van der Waals surface area contributed by atoms with Gasteiger partial charge in [-0.05, 0) is 64.7 Å². The second-order valence-electron chi connectivity index (χ2n) is 5.95. The zero-order valence-corrected chi connectivity index (χ0v) is 10.9. The Labute approximate surface area is 104 Å². The number of nitrogens with one attached hydrogen (secondary N) is 1. The molecule has 2 fully saturated rings. The van der Waals surface area contributed by atoms with Crippen molar-refractivity contribution in [2.45, 2.75) is 32.6 Å². The zero-order valence-electron chi connectivity index (χ0n) is 10.9. The number of nitrogens with two attached hydrogens (primary N) is 1. The Morgan fingerprint density at radius 1 is 1.59 bits per heavy atom. The Bertz CT molecular complexity index is 276. The van der Waals surface area contributed by atoms with Gasteiger partial charge in [-0.2, -0.15) is 0 Å². The Morgan fingerprint density at radius 2 is 2.41 bits per heavy atom. The van der Waals surface area contributed by atoms with Crippen molar-refractivity contribution in [3.05, 3.63) is 0 Å². The fourth-order valence-electron chi connectivity index (χ4n) is 2.98. The van der Waals surface area contributed by atoms with E-state index in [1.54, 1.807) is 0 Å². The lowest BCUT2D eigenvalue weighted by Gasteiger charge is -2.26. The van der Waals surface area contributed by atoms with E-state index in [9.17, 15) is 4.79 Å². The van der Waals surface area contributed by atoms with E-state index in [-0.39, 0.29) is 11.3 Å². The van der Waals surface area contributed by atoms with Gasteiger partial charge in [0.25, 0.3) is 0 Å². The van der Waals surface area contributed by atoms with Gasteiger partial charge in [-0.3, -0.25) is 4.79 Å². The van der Waals surface area contributed by atoms with Crippen molar-refractivity contribution in [2.75, 3.05) is 32.7 Å². The number of rotatable bonds is 4. The molecule has 2 saturated heterocycles. The number of carbonyl (C=O) groups is 1. The molecule has 3 N–H and O–H groups in total. The summed E-state index contributed by atoms with van der Waals surface area (Å²) in [6, 6.07) is 0. The molecule has 4 nitrogen and oxygen atoms in total. The van der Waals surface area contributed by atoms with E-state index in [4.69, 9.17) is 5.73 Å². The first-order valence-corrected chi connectivity index (χ1v) is 6.83. The molecule has 0 radical (unpaired) electrons. The molecule has 0 bridgehead atoms. The normalized spacial score (nSPS) is 35.0. The van der Waals surface area contributed by atoms with Crippen LogP contribution in [0.5, 0.6) is 0 Å². The Balaban J connectivity index is 1.72. The molecule has 2 aliphatic heterocycles. The predicted molar refractivity (Wildman–Crippen MR) is 68.6 cm³/mol. The summed E-state index contributed by atoms with van der Waals surface area (Å²) in [5, 5.41) is 3.45. The molecular weight excluding hydrogens is 214 g/mol. The van der Waals surface area contributed by atoms with Crippen LogP contribution in [-0.4, -0.2) is 43.5 Å². The van der Waals surface area contributed by atoms with Crippen molar-refractivity contribution in [3.8, 4) is 0 Å². The van der Waals surface area contributed by atoms with Gasteiger partial charge < -0.3 is 16.0 Å². The Kier molecular flexibility index (Phi) is 4.05. The molecule has 0 saturated carbocycles. The summed E-state index contributed by atoms with van der Waals surface area (Å²) in [5.41, 5.74) is 5.17. The van der Waals surface area contributed by atoms with E-state index in [0.29, 0.717) is 0 Å². The van der Waals surface area contributed by atoms with Gasteiger partial charge in [-0.15, -0.1) is 0 Å². The molecule has 1 amide bonds. The first-order chi connectivity index (χ1) is 8.10. The van der Waals surface area contributed by atoms with Crippen LogP contribution in [0.2, 0.25) is 0 Å². The molecule has 2 atom stereocenters. The quantitative estimate of drug-likeness (QED) is 0.754. The summed E-state index contributed by atoms with van der Waals surface area (Å²) in [5.74, 6) is 0.684. The minimum absolute atomic E-state index is 0.140. The van der Waals surface area contributed by atoms with Gasteiger partial charge >= 0.3 is 0 Å². The minimum atomic E-state index is -0.287. The average Bonchev–Trinajstić information content (AvgIpc) is 2.72. The first-order valence-electron chi connectivity index (χ1n) is 6.83. The van der Waals surface area contributed by atoms with Crippen LogP contribution >= 0.6 is 0 Å². The number of carbonyl (C=O) groups excluding carboxylic acids is 1. The lowest BCUT2D eigenvalue weighted by atomic mass is 9.89. The van der Waals surface area contributed by atoms with Crippen LogP contribution in [0.25, 0.3) is 0 Å². The molecule has 2 aliphatic rings. The van der Waals surface area contributed by atoms with Crippen molar-refractivity contribution in [1.82, 2.24) is 10.2 Å². The molecule has 0 aromatic carbocycles. The standard InChI is InChI=1S/C13H25N3O/c1-13(12(14)17)5-8-16(10-13)7-4-11-3-2-6-15-9-11/h11,15H,2-10H2,1H3,(H2,14,17). The van der Waals surface area contributed by atoms with Crippen LogP contribution in [0.15, 0.2) is 0 Å². The highest BCUT2D eigenvalue weighted by molar-refractivity contribution is 5.81. The second kappa shape index (κ2) is 5.36. The van der Waals surface area contributed by atoms with Crippen molar-refractivity contribution >= 4 is 5.91 Å². The van der Waals surface area contributed by atoms with Gasteiger partial charge in [0.15, 0.2) is 0 Å². The number of amides is 1. The highest BCUT2D eigenvalue weighted by Gasteiger charge is 2.38. The molecule has 2 unspecified atom stereocenters. The number of hydrogen-bond acceptors (Lipinski definition) is 3. The largest absolute Gasteiger partial charge is 0.369 e. The third kappa shape index (κ3) is 3.19. The van der Waals surface area contributed by atoms with E-state index in [2.05, 4.69) is 10.2 Å². The minimum Gasteiger partial charge on any atom is -0.369 e. The third-order valence-corrected chi connectivity index (χ3v) is 4.40. The van der Waals surface area contributed by atoms with Gasteiger partial charge in [0, 0.05) is 6.54 Å². The van der Waals surface area contributed by atoms with E-state index in [0.717, 1.165) is 32.0 Å². The number of piperidine rings is 1. The van der Waals surface area contributed by atoms with Crippen LogP contribution in [-0.2, 0) is 4.79 Å². The van der Waals surface area contributed by atoms with Crippen LogP contribution in [0.4, 0.5) is 0 Å². The van der Waals surface area contributed by atoms with E-state index >= 15 is 0 Å². The number of likely N-dealkylation sites (tertiary alicyclic amines) is 1. The van der Waals surface area contributed by atoms with Gasteiger partial charge in [0.2, 0.25) is 5.91 Å². The maximum absolute atomic E-state index is 11.4. The van der Waals surface area contributed by atoms with E-state index < -0.39 is 0 Å². The van der Waals surface area contributed by atoms with Crippen LogP contribution in [0.1, 0.15) is 32.6 Å². The van der Waals surface area contributed by atoms with Crippen molar-refractivity contribution in [2.24, 2.45) is 17.1 Å². The topological polar surface area (TPSA) is 58.4 Å². The van der Waals surface area contributed by atoms with Gasteiger partial charge in [-0.1, -0.05) is 0 Å². The zero-order chi connectivity index (χ0) is 12.3. The molecule has 17 heavy (non-hydrogen) atoms. The molecule has 0 aliphatic carbocycles. The molecule has 98 valence electrons. The summed E-state index contributed by atoms with van der Waals surface area (Å²) in [6.45, 7) is 7.34. The molecule has 0 aromatic rings. The summed E-state index contributed by atoms with van der Waals surface area (Å²) in [4.78, 5) is 13.8. The SMILES string of the molecule is CC1(C(N)=O)CCN(CCC2CCCNC2)C1. The molecule has 2 heterocycles. The van der Waals surface area contributed by atoms with Crippen LogP contribution < -0.4 is 11.1 Å². The first kappa shape index (κ1) is 12.8. The van der Waals surface area contributed by atoms with Crippen molar-refractivity contribution < 1.29 is 4.79 Å². The predicted octanol–water partition coefficient (Wildman–Crippen LogP) is 0.573. The number of nitrogens with zero attached hydrogens (tertiary/aromatic N) is 1. The molecule has 2 rings (SSSR count). The average molecular weight is 239 g/mol. The monoisotopic (exact) mass is 239 g/mol. The molecule has 0 aromatic heterocycles. The molecular formula is C13H25N3O. The number of hydrogen-bond donors (Lipinski definition) is 2. The van der Waals surface area contributed by atoms with E-state index in [1.165, 1.54) is 32.4 Å². The summed E-state index contributed by atoms with van der Waals surface area (Å²) >= 11 is 0. The van der Waals surface area contributed by atoms with Crippen molar-refractivity contribution in [1.29, 1.82) is 0 Å². The third-order valence-electron chi connectivity index (χ3n) is 4.40. The second-order valence-corrected chi connectivity index (χ2v) is 5.95. The summed E-state index contributed by atoms with van der Waals surface area (Å²) in [7, 11) is 0. The highest BCUT2D eigenvalue weighted by atomic mass is 16.1. The van der Waals surface area contributed by atoms with Crippen LogP contribution in [0, 0.1) is 11.3 Å². The summed E-state index contributed by atoms with van der Waals surface area (Å²) in [6.07, 6.45) is 4.84. The van der Waals surface area contributed by atoms with Gasteiger partial charge in [0.05, 0.1) is 5.41 Å². The lowest BCUT2D eigenvalue weighted by molar-refractivity contribution is -0.126. The Morgan fingerprint density at radius 3 is 3.00 bits per heavy atom. The van der Waals surface area contributed by atoms with Gasteiger partial charge in [0.1, 0.15) is 0 Å². The Hall–Kier alpha value is -0.610. The highest BCUT2D eigenvalue weighted by Crippen LogP contribution is 2.29. The maximum Gasteiger partial charge on any atom is 0.224 e.